The van der Waals surface area contributed by atoms with Gasteiger partial charge in [0, 0.05) is 36.8 Å². The molecule has 0 amide bonds. The van der Waals surface area contributed by atoms with Crippen molar-refractivity contribution in [1.82, 2.24) is 15.3 Å². The molecule has 0 aliphatic carbocycles. The van der Waals surface area contributed by atoms with E-state index in [1.165, 1.54) is 10.6 Å². The van der Waals surface area contributed by atoms with Crippen molar-refractivity contribution in [1.29, 1.82) is 0 Å². The highest BCUT2D eigenvalue weighted by Crippen LogP contribution is 2.16. The van der Waals surface area contributed by atoms with Crippen LogP contribution in [0.1, 0.15) is 29.1 Å². The maximum absolute atomic E-state index is 4.36. The monoisotopic (exact) mass is 247 g/mol. The quantitative estimate of drug-likeness (QED) is 0.883. The number of nitrogens with zero attached hydrogens (tertiary/aromatic N) is 2. The minimum Gasteiger partial charge on any atom is -0.310 e. The van der Waals surface area contributed by atoms with Crippen LogP contribution >= 0.6 is 11.3 Å². The summed E-state index contributed by atoms with van der Waals surface area (Å²) in [6.45, 7) is 5.99. The number of rotatable bonds is 5. The summed E-state index contributed by atoms with van der Waals surface area (Å²) in [6.07, 6.45) is 3.76. The van der Waals surface area contributed by atoms with E-state index >= 15 is 0 Å². The first-order valence-electron chi connectivity index (χ1n) is 5.77. The van der Waals surface area contributed by atoms with E-state index in [2.05, 4.69) is 41.3 Å². The average Bonchev–Trinajstić information content (AvgIpc) is 2.85. The first-order valence-corrected chi connectivity index (χ1v) is 6.65. The Labute approximate surface area is 106 Å². The molecule has 0 radical (unpaired) electrons. The molecule has 0 saturated carbocycles. The molecule has 0 aliphatic rings. The molecule has 2 heterocycles. The Balaban J connectivity index is 1.78. The van der Waals surface area contributed by atoms with Gasteiger partial charge in [-0.1, -0.05) is 13.0 Å². The summed E-state index contributed by atoms with van der Waals surface area (Å²) >= 11 is 1.71. The van der Waals surface area contributed by atoms with Crippen molar-refractivity contribution in [2.75, 3.05) is 6.54 Å². The Bertz CT molecular complexity index is 436. The molecule has 0 fully saturated rings. The van der Waals surface area contributed by atoms with E-state index in [-0.39, 0.29) is 0 Å². The van der Waals surface area contributed by atoms with Crippen LogP contribution in [0.4, 0.5) is 0 Å². The summed E-state index contributed by atoms with van der Waals surface area (Å²) < 4.78 is 0. The smallest absolute Gasteiger partial charge is 0.0965 e. The fourth-order valence-electron chi connectivity index (χ4n) is 1.58. The van der Waals surface area contributed by atoms with E-state index in [1.807, 2.05) is 17.8 Å². The fourth-order valence-corrected chi connectivity index (χ4v) is 2.28. The van der Waals surface area contributed by atoms with Crippen LogP contribution in [0.5, 0.6) is 0 Å². The number of aryl methyl sites for hydroxylation is 1. The zero-order valence-electron chi connectivity index (χ0n) is 10.2. The highest BCUT2D eigenvalue weighted by atomic mass is 32.1. The van der Waals surface area contributed by atoms with Gasteiger partial charge in [-0.3, -0.25) is 4.98 Å². The Hall–Kier alpha value is -1.26. The van der Waals surface area contributed by atoms with Crippen molar-refractivity contribution in [3.05, 3.63) is 46.2 Å². The number of thiazole rings is 1. The van der Waals surface area contributed by atoms with Gasteiger partial charge in [-0.15, -0.1) is 11.3 Å². The average molecular weight is 247 g/mol. The predicted molar refractivity (Wildman–Crippen MR) is 71.2 cm³/mol. The zero-order valence-corrected chi connectivity index (χ0v) is 11.0. The molecule has 2 rings (SSSR count). The molecule has 3 nitrogen and oxygen atoms in total. The molecular weight excluding hydrogens is 230 g/mol. The molecule has 90 valence electrons. The molecule has 0 bridgehead atoms. The Morgan fingerprint density at radius 1 is 1.35 bits per heavy atom. The second-order valence-electron chi connectivity index (χ2n) is 4.23. The Morgan fingerprint density at radius 2 is 2.24 bits per heavy atom. The van der Waals surface area contributed by atoms with Crippen molar-refractivity contribution < 1.29 is 0 Å². The summed E-state index contributed by atoms with van der Waals surface area (Å²) in [7, 11) is 0. The second kappa shape index (κ2) is 5.89. The van der Waals surface area contributed by atoms with Gasteiger partial charge in [0.15, 0.2) is 0 Å². The predicted octanol–water partition coefficient (Wildman–Crippen LogP) is 2.74. The lowest BCUT2D eigenvalue weighted by atomic mass is 10.2. The topological polar surface area (TPSA) is 37.8 Å². The third-order valence-electron chi connectivity index (χ3n) is 2.60. The highest BCUT2D eigenvalue weighted by molar-refractivity contribution is 7.09. The summed E-state index contributed by atoms with van der Waals surface area (Å²) in [5.41, 5.74) is 2.28. The minimum absolute atomic E-state index is 0.459. The van der Waals surface area contributed by atoms with Crippen LogP contribution in [0.2, 0.25) is 0 Å². The largest absolute Gasteiger partial charge is 0.310 e. The SMILES string of the molecule is Cc1ccc(CNCC(C)c2nccs2)nc1. The number of pyridine rings is 1. The lowest BCUT2D eigenvalue weighted by Gasteiger charge is -2.09. The lowest BCUT2D eigenvalue weighted by molar-refractivity contribution is 0.606. The van der Waals surface area contributed by atoms with Crippen LogP contribution in [-0.4, -0.2) is 16.5 Å². The standard InChI is InChI=1S/C13H17N3S/c1-10-3-4-12(16-7-10)9-14-8-11(2)13-15-5-6-17-13/h3-7,11,14H,8-9H2,1-2H3. The normalized spacial score (nSPS) is 12.6. The van der Waals surface area contributed by atoms with Crippen molar-refractivity contribution in [3.63, 3.8) is 0 Å². The van der Waals surface area contributed by atoms with Crippen LogP contribution in [0, 0.1) is 6.92 Å². The first kappa shape index (κ1) is 12.2. The number of aromatic nitrogens is 2. The highest BCUT2D eigenvalue weighted by Gasteiger charge is 2.07. The molecule has 0 aromatic carbocycles. The minimum atomic E-state index is 0.459. The molecule has 1 atom stereocenters. The molecule has 4 heteroatoms. The van der Waals surface area contributed by atoms with Crippen LogP contribution in [-0.2, 0) is 6.54 Å². The van der Waals surface area contributed by atoms with Gasteiger partial charge in [-0.2, -0.15) is 0 Å². The summed E-state index contributed by atoms with van der Waals surface area (Å²) in [4.78, 5) is 8.68. The van der Waals surface area contributed by atoms with E-state index in [9.17, 15) is 0 Å². The Morgan fingerprint density at radius 3 is 2.88 bits per heavy atom. The third-order valence-corrected chi connectivity index (χ3v) is 3.61. The Kier molecular flexibility index (Phi) is 4.23. The van der Waals surface area contributed by atoms with E-state index in [4.69, 9.17) is 0 Å². The maximum Gasteiger partial charge on any atom is 0.0965 e. The summed E-state index contributed by atoms with van der Waals surface area (Å²) in [6, 6.07) is 4.16. The lowest BCUT2D eigenvalue weighted by Crippen LogP contribution is -2.20. The van der Waals surface area contributed by atoms with Crippen molar-refractivity contribution in [3.8, 4) is 0 Å². The number of hydrogen-bond donors (Lipinski definition) is 1. The molecule has 17 heavy (non-hydrogen) atoms. The van der Waals surface area contributed by atoms with Gasteiger partial charge >= 0.3 is 0 Å². The molecule has 2 aromatic rings. The number of hydrogen-bond acceptors (Lipinski definition) is 4. The molecule has 2 aromatic heterocycles. The van der Waals surface area contributed by atoms with Gasteiger partial charge in [-0.25, -0.2) is 4.98 Å². The third kappa shape index (κ3) is 3.61. The van der Waals surface area contributed by atoms with Crippen molar-refractivity contribution in [2.24, 2.45) is 0 Å². The van der Waals surface area contributed by atoms with Gasteiger partial charge < -0.3 is 5.32 Å². The van der Waals surface area contributed by atoms with Crippen LogP contribution in [0.25, 0.3) is 0 Å². The molecule has 0 spiro atoms. The second-order valence-corrected chi connectivity index (χ2v) is 5.16. The van der Waals surface area contributed by atoms with E-state index < -0.39 is 0 Å². The van der Waals surface area contributed by atoms with Gasteiger partial charge in [-0.05, 0) is 18.6 Å². The van der Waals surface area contributed by atoms with Gasteiger partial charge in [0.05, 0.1) is 10.7 Å². The van der Waals surface area contributed by atoms with E-state index in [0.717, 1.165) is 18.8 Å². The zero-order chi connectivity index (χ0) is 12.1. The summed E-state index contributed by atoms with van der Waals surface area (Å²) in [5, 5.41) is 6.62. The maximum atomic E-state index is 4.36. The van der Waals surface area contributed by atoms with Crippen LogP contribution in [0.3, 0.4) is 0 Å². The molecule has 1 unspecified atom stereocenters. The molecule has 1 N–H and O–H groups in total. The van der Waals surface area contributed by atoms with Gasteiger partial charge in [0.1, 0.15) is 0 Å². The van der Waals surface area contributed by atoms with Gasteiger partial charge in [0.25, 0.3) is 0 Å². The summed E-state index contributed by atoms with van der Waals surface area (Å²) in [5.74, 6) is 0.459. The van der Waals surface area contributed by atoms with E-state index in [0.29, 0.717) is 5.92 Å². The van der Waals surface area contributed by atoms with Crippen LogP contribution in [0.15, 0.2) is 29.9 Å². The van der Waals surface area contributed by atoms with Gasteiger partial charge in [0.2, 0.25) is 0 Å². The molecule has 0 saturated heterocycles. The number of nitrogens with one attached hydrogen (secondary N) is 1. The van der Waals surface area contributed by atoms with E-state index in [1.54, 1.807) is 11.3 Å². The first-order chi connectivity index (χ1) is 8.25. The fraction of sp³-hybridized carbons (Fsp3) is 0.385. The molecule has 0 aliphatic heterocycles. The molecular formula is C13H17N3S. The van der Waals surface area contributed by atoms with Crippen LogP contribution < -0.4 is 5.32 Å². The van der Waals surface area contributed by atoms with Crippen molar-refractivity contribution in [2.45, 2.75) is 26.3 Å². The van der Waals surface area contributed by atoms with Crippen molar-refractivity contribution >= 4 is 11.3 Å².